The minimum absolute atomic E-state index is 0.0228. The number of benzene rings is 2. The number of aldehydes is 1. The van der Waals surface area contributed by atoms with Gasteiger partial charge in [0.25, 0.3) is 0 Å². The Kier molecular flexibility index (Phi) is 4.72. The lowest BCUT2D eigenvalue weighted by Crippen LogP contribution is -2.20. The first-order valence-electron chi connectivity index (χ1n) is 7.33. The molecule has 2 aromatic carbocycles. The van der Waals surface area contributed by atoms with Crippen LogP contribution in [0, 0.1) is 0 Å². The molecular formula is C18H15ClN4O. The van der Waals surface area contributed by atoms with Crippen LogP contribution in [-0.2, 0) is 6.54 Å². The van der Waals surface area contributed by atoms with E-state index in [1.807, 2.05) is 65.6 Å². The molecule has 1 heterocycles. The number of aromatic nitrogens is 2. The molecule has 0 saturated carbocycles. The van der Waals surface area contributed by atoms with E-state index in [0.717, 1.165) is 11.3 Å². The molecule has 0 fully saturated rings. The Balaban J connectivity index is 2.13. The van der Waals surface area contributed by atoms with Crippen LogP contribution in [0.2, 0.25) is 5.15 Å². The molecule has 24 heavy (non-hydrogen) atoms. The number of anilines is 3. The van der Waals surface area contributed by atoms with Crippen molar-refractivity contribution in [1.82, 2.24) is 9.97 Å². The summed E-state index contributed by atoms with van der Waals surface area (Å²) >= 11 is 6.08. The van der Waals surface area contributed by atoms with E-state index in [0.29, 0.717) is 18.6 Å². The molecular weight excluding hydrogens is 324 g/mol. The Morgan fingerprint density at radius 1 is 1.00 bits per heavy atom. The summed E-state index contributed by atoms with van der Waals surface area (Å²) < 4.78 is 0. The summed E-state index contributed by atoms with van der Waals surface area (Å²) in [6.07, 6.45) is 0.651. The topological polar surface area (TPSA) is 72.1 Å². The Labute approximate surface area is 144 Å². The van der Waals surface area contributed by atoms with E-state index in [9.17, 15) is 4.79 Å². The zero-order valence-corrected chi connectivity index (χ0v) is 13.5. The maximum absolute atomic E-state index is 11.5. The number of nitrogen functional groups attached to an aromatic ring is 1. The Morgan fingerprint density at radius 2 is 1.62 bits per heavy atom. The van der Waals surface area contributed by atoms with E-state index in [-0.39, 0.29) is 16.7 Å². The van der Waals surface area contributed by atoms with Crippen LogP contribution in [0.3, 0.4) is 0 Å². The van der Waals surface area contributed by atoms with Gasteiger partial charge in [-0.05, 0) is 17.7 Å². The second-order valence-corrected chi connectivity index (χ2v) is 5.49. The van der Waals surface area contributed by atoms with Crippen LogP contribution in [0.25, 0.3) is 0 Å². The van der Waals surface area contributed by atoms with Gasteiger partial charge in [-0.2, -0.15) is 4.98 Å². The second-order valence-electron chi connectivity index (χ2n) is 5.14. The van der Waals surface area contributed by atoms with Gasteiger partial charge in [-0.1, -0.05) is 60.1 Å². The summed E-state index contributed by atoms with van der Waals surface area (Å²) in [6.45, 7) is 0.512. The number of nitrogens with two attached hydrogens (primary N) is 1. The number of rotatable bonds is 5. The van der Waals surface area contributed by atoms with Gasteiger partial charge < -0.3 is 10.6 Å². The molecule has 0 radical (unpaired) electrons. The van der Waals surface area contributed by atoms with Crippen molar-refractivity contribution in [2.75, 3.05) is 10.6 Å². The fourth-order valence-electron chi connectivity index (χ4n) is 2.42. The van der Waals surface area contributed by atoms with Crippen molar-refractivity contribution >= 4 is 35.3 Å². The third-order valence-electron chi connectivity index (χ3n) is 3.52. The zero-order chi connectivity index (χ0) is 16.9. The summed E-state index contributed by atoms with van der Waals surface area (Å²) in [6, 6.07) is 19.5. The number of carbonyl (C=O) groups is 1. The first kappa shape index (κ1) is 16.0. The number of nitrogens with zero attached hydrogens (tertiary/aromatic N) is 3. The predicted molar refractivity (Wildman–Crippen MR) is 95.6 cm³/mol. The number of hydrogen-bond acceptors (Lipinski definition) is 5. The average molecular weight is 339 g/mol. The van der Waals surface area contributed by atoms with Crippen molar-refractivity contribution in [3.05, 3.63) is 76.9 Å². The lowest BCUT2D eigenvalue weighted by molar-refractivity contribution is 0.112. The minimum Gasteiger partial charge on any atom is -0.368 e. The molecule has 0 saturated heterocycles. The molecule has 1 aromatic heterocycles. The molecule has 0 amide bonds. The number of para-hydroxylation sites is 1. The molecule has 0 aliphatic rings. The summed E-state index contributed by atoms with van der Waals surface area (Å²) in [5, 5.41) is 0.0430. The molecule has 0 spiro atoms. The van der Waals surface area contributed by atoms with Crippen LogP contribution in [0.4, 0.5) is 17.5 Å². The lowest BCUT2D eigenvalue weighted by atomic mass is 10.1. The first-order valence-corrected chi connectivity index (χ1v) is 7.71. The fourth-order valence-corrected chi connectivity index (χ4v) is 2.63. The van der Waals surface area contributed by atoms with Crippen molar-refractivity contribution in [3.63, 3.8) is 0 Å². The van der Waals surface area contributed by atoms with Gasteiger partial charge in [0.15, 0.2) is 12.1 Å². The highest BCUT2D eigenvalue weighted by Crippen LogP contribution is 2.31. The summed E-state index contributed by atoms with van der Waals surface area (Å²) in [5.74, 6) is 0.409. The predicted octanol–water partition coefficient (Wildman–Crippen LogP) is 3.86. The number of carbonyl (C=O) groups excluding carboxylic acids is 1. The van der Waals surface area contributed by atoms with Gasteiger partial charge in [0.05, 0.1) is 5.56 Å². The molecule has 6 heteroatoms. The molecule has 120 valence electrons. The second kappa shape index (κ2) is 7.10. The van der Waals surface area contributed by atoms with Gasteiger partial charge in [-0.15, -0.1) is 0 Å². The normalized spacial score (nSPS) is 10.4. The Bertz CT molecular complexity index is 840. The van der Waals surface area contributed by atoms with Crippen LogP contribution >= 0.6 is 11.6 Å². The van der Waals surface area contributed by atoms with Gasteiger partial charge in [0.2, 0.25) is 5.95 Å². The van der Waals surface area contributed by atoms with Crippen molar-refractivity contribution in [1.29, 1.82) is 0 Å². The highest BCUT2D eigenvalue weighted by atomic mass is 35.5. The fraction of sp³-hybridized carbons (Fsp3) is 0.0556. The van der Waals surface area contributed by atoms with Gasteiger partial charge in [0.1, 0.15) is 5.15 Å². The number of halogens is 1. The van der Waals surface area contributed by atoms with E-state index in [2.05, 4.69) is 9.97 Å². The maximum atomic E-state index is 11.5. The lowest BCUT2D eigenvalue weighted by Gasteiger charge is -2.25. The third-order valence-corrected chi connectivity index (χ3v) is 3.81. The monoisotopic (exact) mass is 338 g/mol. The minimum atomic E-state index is 0.0228. The molecule has 3 rings (SSSR count). The van der Waals surface area contributed by atoms with Gasteiger partial charge >= 0.3 is 0 Å². The van der Waals surface area contributed by atoms with Gasteiger partial charge in [0, 0.05) is 12.2 Å². The van der Waals surface area contributed by atoms with Crippen LogP contribution in [0.5, 0.6) is 0 Å². The molecule has 0 unspecified atom stereocenters. The van der Waals surface area contributed by atoms with E-state index >= 15 is 0 Å². The zero-order valence-electron chi connectivity index (χ0n) is 12.8. The summed E-state index contributed by atoms with van der Waals surface area (Å²) in [4.78, 5) is 21.5. The van der Waals surface area contributed by atoms with E-state index in [4.69, 9.17) is 17.3 Å². The standard InChI is InChI=1S/C18H15ClN4O/c19-16-15(12-24)17(22-18(20)21-16)23(14-9-5-2-6-10-14)11-13-7-3-1-4-8-13/h1-10,12H,11H2,(H2,20,21,22). The molecule has 5 nitrogen and oxygen atoms in total. The van der Waals surface area contributed by atoms with Crippen LogP contribution in [-0.4, -0.2) is 16.3 Å². The first-order chi connectivity index (χ1) is 11.7. The molecule has 2 N–H and O–H groups in total. The van der Waals surface area contributed by atoms with Crippen molar-refractivity contribution < 1.29 is 4.79 Å². The maximum Gasteiger partial charge on any atom is 0.223 e. The smallest absolute Gasteiger partial charge is 0.223 e. The molecule has 0 bridgehead atoms. The highest BCUT2D eigenvalue weighted by Gasteiger charge is 2.19. The van der Waals surface area contributed by atoms with Gasteiger partial charge in [-0.25, -0.2) is 4.98 Å². The van der Waals surface area contributed by atoms with E-state index < -0.39 is 0 Å². The Hall–Kier alpha value is -2.92. The largest absolute Gasteiger partial charge is 0.368 e. The quantitative estimate of drug-likeness (QED) is 0.565. The highest BCUT2D eigenvalue weighted by molar-refractivity contribution is 6.32. The van der Waals surface area contributed by atoms with E-state index in [1.165, 1.54) is 0 Å². The molecule has 0 atom stereocenters. The van der Waals surface area contributed by atoms with Crippen LogP contribution < -0.4 is 10.6 Å². The number of hydrogen-bond donors (Lipinski definition) is 1. The average Bonchev–Trinajstić information content (AvgIpc) is 2.61. The van der Waals surface area contributed by atoms with Gasteiger partial charge in [-0.3, -0.25) is 4.79 Å². The molecule has 0 aliphatic heterocycles. The van der Waals surface area contributed by atoms with Crippen molar-refractivity contribution in [2.24, 2.45) is 0 Å². The van der Waals surface area contributed by atoms with Crippen LogP contribution in [0.1, 0.15) is 15.9 Å². The molecule has 0 aliphatic carbocycles. The van der Waals surface area contributed by atoms with Crippen molar-refractivity contribution in [2.45, 2.75) is 6.54 Å². The molecule has 3 aromatic rings. The van der Waals surface area contributed by atoms with Crippen LogP contribution in [0.15, 0.2) is 60.7 Å². The third kappa shape index (κ3) is 3.36. The Morgan fingerprint density at radius 3 is 2.25 bits per heavy atom. The SMILES string of the molecule is Nc1nc(Cl)c(C=O)c(N(Cc2ccccc2)c2ccccc2)n1. The summed E-state index contributed by atoms with van der Waals surface area (Å²) in [5.41, 5.74) is 7.89. The van der Waals surface area contributed by atoms with E-state index in [1.54, 1.807) is 0 Å². The summed E-state index contributed by atoms with van der Waals surface area (Å²) in [7, 11) is 0. The van der Waals surface area contributed by atoms with Crippen molar-refractivity contribution in [3.8, 4) is 0 Å².